The van der Waals surface area contributed by atoms with Crippen LogP contribution in [0.4, 0.5) is 0 Å². The van der Waals surface area contributed by atoms with Gasteiger partial charge in [0.2, 0.25) is 0 Å². The van der Waals surface area contributed by atoms with Crippen molar-refractivity contribution in [3.63, 3.8) is 0 Å². The zero-order valence-corrected chi connectivity index (χ0v) is 14.5. The molecule has 1 N–H and O–H groups in total. The van der Waals surface area contributed by atoms with Crippen molar-refractivity contribution in [3.05, 3.63) is 81.0 Å². The molecule has 6 nitrogen and oxygen atoms in total. The maximum atomic E-state index is 12.3. The molecular formula is C20H19N3O3. The molecule has 3 aromatic rings. The molecule has 0 amide bonds. The topological polar surface area (TPSA) is 77.0 Å². The molecule has 0 saturated heterocycles. The van der Waals surface area contributed by atoms with Crippen LogP contribution in [-0.4, -0.2) is 20.7 Å². The number of benzene rings is 1. The average molecular weight is 349 g/mol. The summed E-state index contributed by atoms with van der Waals surface area (Å²) in [5.74, 6) is -0.632. The number of hydrogen-bond donors (Lipinski definition) is 1. The van der Waals surface area contributed by atoms with E-state index in [9.17, 15) is 9.59 Å². The van der Waals surface area contributed by atoms with E-state index in [1.807, 2.05) is 35.0 Å². The Kier molecular flexibility index (Phi) is 4.16. The van der Waals surface area contributed by atoms with Gasteiger partial charge in [-0.15, -0.1) is 0 Å². The molecule has 0 spiro atoms. The van der Waals surface area contributed by atoms with Crippen LogP contribution >= 0.6 is 0 Å². The van der Waals surface area contributed by atoms with E-state index in [1.54, 1.807) is 13.0 Å². The highest BCUT2D eigenvalue weighted by molar-refractivity contribution is 5.88. The highest BCUT2D eigenvalue weighted by Gasteiger charge is 2.24. The third-order valence-corrected chi connectivity index (χ3v) is 4.63. The molecule has 1 aliphatic rings. The molecule has 2 aromatic heterocycles. The van der Waals surface area contributed by atoms with Crippen LogP contribution in [0.3, 0.4) is 0 Å². The lowest BCUT2D eigenvalue weighted by Gasteiger charge is -2.05. The first-order chi connectivity index (χ1) is 12.6. The van der Waals surface area contributed by atoms with E-state index in [4.69, 9.17) is 4.74 Å². The molecule has 132 valence electrons. The number of H-pyrrole nitrogens is 1. The SMILES string of the molecule is Cc1ccc(C(=O)OCc2nn(-c3ccccc3)c3c2CCC3)c(=O)[nH]1. The first-order valence-electron chi connectivity index (χ1n) is 8.65. The number of carbonyl (C=O) groups excluding carboxylic acids is 1. The number of aryl methyl sites for hydroxylation is 1. The number of para-hydroxylation sites is 1. The van der Waals surface area contributed by atoms with Gasteiger partial charge in [-0.2, -0.15) is 5.10 Å². The molecule has 0 fully saturated rings. The second-order valence-corrected chi connectivity index (χ2v) is 6.43. The Labute approximate surface area is 150 Å². The summed E-state index contributed by atoms with van der Waals surface area (Å²) >= 11 is 0. The summed E-state index contributed by atoms with van der Waals surface area (Å²) in [5, 5.41) is 4.66. The van der Waals surface area contributed by atoms with Crippen molar-refractivity contribution >= 4 is 5.97 Å². The smallest absolute Gasteiger partial charge is 0.344 e. The minimum atomic E-state index is -0.632. The second-order valence-electron chi connectivity index (χ2n) is 6.43. The van der Waals surface area contributed by atoms with Gasteiger partial charge in [0.1, 0.15) is 17.9 Å². The van der Waals surface area contributed by atoms with E-state index in [-0.39, 0.29) is 12.2 Å². The molecule has 2 heterocycles. The molecule has 0 bridgehead atoms. The van der Waals surface area contributed by atoms with Crippen molar-refractivity contribution in [3.8, 4) is 5.69 Å². The van der Waals surface area contributed by atoms with Gasteiger partial charge in [0.25, 0.3) is 5.56 Å². The largest absolute Gasteiger partial charge is 0.455 e. The number of nitrogens with one attached hydrogen (secondary N) is 1. The number of ether oxygens (including phenoxy) is 1. The van der Waals surface area contributed by atoms with Gasteiger partial charge >= 0.3 is 5.97 Å². The molecule has 0 atom stereocenters. The number of esters is 1. The maximum Gasteiger partial charge on any atom is 0.344 e. The molecule has 0 saturated carbocycles. The van der Waals surface area contributed by atoms with Crippen molar-refractivity contribution in [1.82, 2.24) is 14.8 Å². The lowest BCUT2D eigenvalue weighted by Crippen LogP contribution is -2.20. The monoisotopic (exact) mass is 349 g/mol. The molecule has 0 radical (unpaired) electrons. The standard InChI is InChI=1S/C20H19N3O3/c1-13-10-11-16(19(24)21-13)20(25)26-12-17-15-8-5-9-18(15)23(22-17)14-6-3-2-4-7-14/h2-4,6-7,10-11H,5,8-9,12H2,1H3,(H,21,24). The van der Waals surface area contributed by atoms with Gasteiger partial charge in [-0.05, 0) is 50.5 Å². The van der Waals surface area contributed by atoms with Gasteiger partial charge in [0.15, 0.2) is 0 Å². The molecule has 26 heavy (non-hydrogen) atoms. The number of carbonyl (C=O) groups is 1. The van der Waals surface area contributed by atoms with E-state index in [0.717, 1.165) is 36.2 Å². The predicted molar refractivity (Wildman–Crippen MR) is 96.5 cm³/mol. The van der Waals surface area contributed by atoms with Crippen LogP contribution in [0.5, 0.6) is 0 Å². The normalized spacial score (nSPS) is 12.8. The quantitative estimate of drug-likeness (QED) is 0.735. The molecule has 4 rings (SSSR count). The van der Waals surface area contributed by atoms with Gasteiger partial charge in [-0.1, -0.05) is 18.2 Å². The molecule has 6 heteroatoms. The first-order valence-corrected chi connectivity index (χ1v) is 8.65. The number of aromatic amines is 1. The lowest BCUT2D eigenvalue weighted by atomic mass is 10.2. The summed E-state index contributed by atoms with van der Waals surface area (Å²) in [6, 6.07) is 13.1. The second kappa shape index (κ2) is 6.63. The van der Waals surface area contributed by atoms with Crippen LogP contribution in [0.2, 0.25) is 0 Å². The zero-order chi connectivity index (χ0) is 18.1. The van der Waals surface area contributed by atoms with Crippen molar-refractivity contribution in [2.24, 2.45) is 0 Å². The number of rotatable bonds is 4. The molecule has 1 aromatic carbocycles. The fraction of sp³-hybridized carbons (Fsp3) is 0.250. The third-order valence-electron chi connectivity index (χ3n) is 4.63. The Bertz CT molecular complexity index is 1020. The minimum absolute atomic E-state index is 0.00902. The average Bonchev–Trinajstić information content (AvgIpc) is 3.23. The highest BCUT2D eigenvalue weighted by Crippen LogP contribution is 2.28. The third kappa shape index (κ3) is 2.94. The minimum Gasteiger partial charge on any atom is -0.455 e. The van der Waals surface area contributed by atoms with Crippen LogP contribution in [-0.2, 0) is 24.2 Å². The molecule has 0 aliphatic heterocycles. The van der Waals surface area contributed by atoms with Gasteiger partial charge in [0.05, 0.1) is 5.69 Å². The Morgan fingerprint density at radius 1 is 1.19 bits per heavy atom. The van der Waals surface area contributed by atoms with Gasteiger partial charge in [-0.25, -0.2) is 9.48 Å². The van der Waals surface area contributed by atoms with Crippen LogP contribution in [0.1, 0.15) is 39.4 Å². The number of pyridine rings is 1. The number of nitrogens with zero attached hydrogens (tertiary/aromatic N) is 2. The Balaban J connectivity index is 1.58. The van der Waals surface area contributed by atoms with E-state index in [2.05, 4.69) is 10.1 Å². The van der Waals surface area contributed by atoms with Gasteiger partial charge in [0, 0.05) is 17.0 Å². The fourth-order valence-electron chi connectivity index (χ4n) is 3.36. The molecule has 1 aliphatic carbocycles. The van der Waals surface area contributed by atoms with Crippen LogP contribution in [0.15, 0.2) is 47.3 Å². The highest BCUT2D eigenvalue weighted by atomic mass is 16.5. The zero-order valence-electron chi connectivity index (χ0n) is 14.5. The van der Waals surface area contributed by atoms with Crippen molar-refractivity contribution < 1.29 is 9.53 Å². The Morgan fingerprint density at radius 3 is 2.77 bits per heavy atom. The lowest BCUT2D eigenvalue weighted by molar-refractivity contribution is 0.0464. The van der Waals surface area contributed by atoms with Crippen LogP contribution < -0.4 is 5.56 Å². The number of fused-ring (bicyclic) bond motifs is 1. The fourth-order valence-corrected chi connectivity index (χ4v) is 3.36. The van der Waals surface area contributed by atoms with E-state index >= 15 is 0 Å². The van der Waals surface area contributed by atoms with Gasteiger partial charge < -0.3 is 9.72 Å². The summed E-state index contributed by atoms with van der Waals surface area (Å²) in [6.45, 7) is 1.82. The molecular weight excluding hydrogens is 330 g/mol. The Hall–Kier alpha value is -3.15. The van der Waals surface area contributed by atoms with Crippen molar-refractivity contribution in [2.75, 3.05) is 0 Å². The summed E-state index contributed by atoms with van der Waals surface area (Å²) in [4.78, 5) is 26.8. The van der Waals surface area contributed by atoms with Crippen molar-refractivity contribution in [2.45, 2.75) is 32.8 Å². The number of aromatic nitrogens is 3. The van der Waals surface area contributed by atoms with E-state index in [1.165, 1.54) is 11.8 Å². The van der Waals surface area contributed by atoms with Gasteiger partial charge in [-0.3, -0.25) is 4.79 Å². The summed E-state index contributed by atoms with van der Waals surface area (Å²) in [7, 11) is 0. The van der Waals surface area contributed by atoms with Crippen LogP contribution in [0, 0.1) is 6.92 Å². The summed E-state index contributed by atoms with van der Waals surface area (Å²) < 4.78 is 7.31. The van der Waals surface area contributed by atoms with E-state index < -0.39 is 11.5 Å². The van der Waals surface area contributed by atoms with Crippen LogP contribution in [0.25, 0.3) is 5.69 Å². The predicted octanol–water partition coefficient (Wildman–Crippen LogP) is 2.71. The summed E-state index contributed by atoms with van der Waals surface area (Å²) in [6.07, 6.45) is 2.96. The Morgan fingerprint density at radius 2 is 2.00 bits per heavy atom. The maximum absolute atomic E-state index is 12.3. The number of hydrogen-bond acceptors (Lipinski definition) is 4. The van der Waals surface area contributed by atoms with E-state index in [0.29, 0.717) is 5.69 Å². The molecule has 0 unspecified atom stereocenters. The van der Waals surface area contributed by atoms with Crippen molar-refractivity contribution in [1.29, 1.82) is 0 Å². The first kappa shape index (κ1) is 16.3. The summed E-state index contributed by atoms with van der Waals surface area (Å²) in [5.41, 5.74) is 4.36.